The molecule has 0 saturated carbocycles. The first-order chi connectivity index (χ1) is 9.86. The van der Waals surface area contributed by atoms with Crippen LogP contribution >= 0.6 is 15.9 Å². The van der Waals surface area contributed by atoms with E-state index in [-0.39, 0.29) is 5.69 Å². The van der Waals surface area contributed by atoms with Crippen LogP contribution in [0.1, 0.15) is 34.4 Å². The van der Waals surface area contributed by atoms with Gasteiger partial charge in [-0.15, -0.1) is 0 Å². The average molecular weight is 352 g/mol. The summed E-state index contributed by atoms with van der Waals surface area (Å²) in [6.07, 6.45) is 0. The molecule has 0 amide bonds. The molecule has 0 bridgehead atoms. The summed E-state index contributed by atoms with van der Waals surface area (Å²) in [6, 6.07) is 4.01. The third kappa shape index (κ3) is 2.81. The predicted molar refractivity (Wildman–Crippen MR) is 85.8 cm³/mol. The van der Waals surface area contributed by atoms with E-state index in [4.69, 9.17) is 10.5 Å². The number of nitrogen functional groups attached to an aromatic ring is 1. The number of imidazole rings is 1. The molecule has 6 heteroatoms. The largest absolute Gasteiger partial charge is 0.461 e. The zero-order valence-corrected chi connectivity index (χ0v) is 14.1. The SMILES string of the molecule is CCOC(=O)c1nc(C)n(-c2c(C)cc(Br)cc2C)c1N. The van der Waals surface area contributed by atoms with Crippen molar-refractivity contribution in [3.63, 3.8) is 0 Å². The van der Waals surface area contributed by atoms with Crippen LogP contribution in [0.25, 0.3) is 5.69 Å². The van der Waals surface area contributed by atoms with Crippen molar-refractivity contribution in [2.45, 2.75) is 27.7 Å². The zero-order chi connectivity index (χ0) is 15.7. The Bertz CT molecular complexity index is 684. The van der Waals surface area contributed by atoms with Gasteiger partial charge in [0.2, 0.25) is 0 Å². The summed E-state index contributed by atoms with van der Waals surface area (Å²) in [5, 5.41) is 0. The Kier molecular flexibility index (Phi) is 4.37. The molecule has 2 rings (SSSR count). The van der Waals surface area contributed by atoms with Gasteiger partial charge in [-0.1, -0.05) is 15.9 Å². The van der Waals surface area contributed by atoms with Crippen LogP contribution in [0.5, 0.6) is 0 Å². The number of carbonyl (C=O) groups excluding carboxylic acids is 1. The van der Waals surface area contributed by atoms with Crippen LogP contribution in [0, 0.1) is 20.8 Å². The Morgan fingerprint density at radius 1 is 1.33 bits per heavy atom. The molecule has 0 saturated heterocycles. The van der Waals surface area contributed by atoms with Crippen molar-refractivity contribution >= 4 is 27.7 Å². The molecule has 0 atom stereocenters. The molecule has 1 aromatic carbocycles. The van der Waals surface area contributed by atoms with E-state index >= 15 is 0 Å². The molecule has 112 valence electrons. The van der Waals surface area contributed by atoms with Gasteiger partial charge < -0.3 is 10.5 Å². The Morgan fingerprint density at radius 2 is 1.90 bits per heavy atom. The number of esters is 1. The van der Waals surface area contributed by atoms with Gasteiger partial charge in [0.05, 0.1) is 12.3 Å². The maximum atomic E-state index is 11.9. The highest BCUT2D eigenvalue weighted by Gasteiger charge is 2.22. The number of aromatic nitrogens is 2. The molecular weight excluding hydrogens is 334 g/mol. The topological polar surface area (TPSA) is 70.1 Å². The summed E-state index contributed by atoms with van der Waals surface area (Å²) in [4.78, 5) is 16.2. The number of carbonyl (C=O) groups is 1. The third-order valence-corrected chi connectivity index (χ3v) is 3.69. The van der Waals surface area contributed by atoms with Gasteiger partial charge in [0.1, 0.15) is 11.6 Å². The van der Waals surface area contributed by atoms with E-state index in [0.29, 0.717) is 18.2 Å². The summed E-state index contributed by atoms with van der Waals surface area (Å²) in [7, 11) is 0. The predicted octanol–water partition coefficient (Wildman–Crippen LogP) is 3.32. The summed E-state index contributed by atoms with van der Waals surface area (Å²) >= 11 is 3.48. The van der Waals surface area contributed by atoms with E-state index in [0.717, 1.165) is 21.3 Å². The minimum Gasteiger partial charge on any atom is -0.461 e. The molecule has 2 aromatic rings. The number of aryl methyl sites for hydroxylation is 3. The normalized spacial score (nSPS) is 10.7. The number of ether oxygens (including phenoxy) is 1. The minimum atomic E-state index is -0.496. The molecule has 21 heavy (non-hydrogen) atoms. The maximum absolute atomic E-state index is 11.9. The Hall–Kier alpha value is -1.82. The molecule has 2 N–H and O–H groups in total. The smallest absolute Gasteiger partial charge is 0.360 e. The highest BCUT2D eigenvalue weighted by molar-refractivity contribution is 9.10. The summed E-state index contributed by atoms with van der Waals surface area (Å²) in [5.41, 5.74) is 9.33. The molecule has 0 radical (unpaired) electrons. The molecule has 0 fully saturated rings. The van der Waals surface area contributed by atoms with Crippen molar-refractivity contribution in [1.29, 1.82) is 0 Å². The minimum absolute atomic E-state index is 0.163. The van der Waals surface area contributed by atoms with Gasteiger partial charge in [-0.25, -0.2) is 9.78 Å². The second-order valence-electron chi connectivity index (χ2n) is 4.84. The van der Waals surface area contributed by atoms with Gasteiger partial charge in [-0.3, -0.25) is 4.57 Å². The number of anilines is 1. The molecule has 0 aliphatic carbocycles. The molecule has 0 aliphatic heterocycles. The Balaban J connectivity index is 2.64. The summed E-state index contributed by atoms with van der Waals surface area (Å²) in [5.74, 6) is 0.466. The number of nitrogens with zero attached hydrogens (tertiary/aromatic N) is 2. The first-order valence-corrected chi connectivity index (χ1v) is 7.45. The van der Waals surface area contributed by atoms with Gasteiger partial charge in [-0.2, -0.15) is 0 Å². The first-order valence-electron chi connectivity index (χ1n) is 6.65. The number of hydrogen-bond acceptors (Lipinski definition) is 4. The number of rotatable bonds is 3. The second-order valence-corrected chi connectivity index (χ2v) is 5.75. The van der Waals surface area contributed by atoms with Crippen molar-refractivity contribution in [2.75, 3.05) is 12.3 Å². The lowest BCUT2D eigenvalue weighted by Crippen LogP contribution is -2.10. The lowest BCUT2D eigenvalue weighted by Gasteiger charge is -2.15. The van der Waals surface area contributed by atoms with Gasteiger partial charge >= 0.3 is 5.97 Å². The van der Waals surface area contributed by atoms with E-state index in [1.54, 1.807) is 11.5 Å². The number of nitrogens with two attached hydrogens (primary N) is 1. The molecule has 1 heterocycles. The molecule has 0 spiro atoms. The van der Waals surface area contributed by atoms with Crippen molar-refractivity contribution in [3.8, 4) is 5.69 Å². The quantitative estimate of drug-likeness (QED) is 0.861. The molecular formula is C15H18BrN3O2. The van der Waals surface area contributed by atoms with Crippen LogP contribution in [0.3, 0.4) is 0 Å². The Labute approximate surface area is 132 Å². The van der Waals surface area contributed by atoms with Gasteiger partial charge in [0, 0.05) is 4.47 Å². The van der Waals surface area contributed by atoms with E-state index < -0.39 is 5.97 Å². The van der Waals surface area contributed by atoms with Crippen LogP contribution in [0.2, 0.25) is 0 Å². The third-order valence-electron chi connectivity index (χ3n) is 3.23. The van der Waals surface area contributed by atoms with Crippen LogP contribution in [-0.4, -0.2) is 22.1 Å². The van der Waals surface area contributed by atoms with Gasteiger partial charge in [-0.05, 0) is 51.0 Å². The molecule has 0 unspecified atom stereocenters. The highest BCUT2D eigenvalue weighted by Crippen LogP contribution is 2.29. The van der Waals surface area contributed by atoms with Crippen molar-refractivity contribution in [3.05, 3.63) is 39.3 Å². The second kappa shape index (κ2) is 5.89. The lowest BCUT2D eigenvalue weighted by molar-refractivity contribution is 0.0521. The van der Waals surface area contributed by atoms with Crippen molar-refractivity contribution in [1.82, 2.24) is 9.55 Å². The van der Waals surface area contributed by atoms with E-state index in [1.165, 1.54) is 0 Å². The van der Waals surface area contributed by atoms with Crippen LogP contribution < -0.4 is 5.73 Å². The maximum Gasteiger partial charge on any atom is 0.360 e. The molecule has 0 aliphatic rings. The fourth-order valence-electron chi connectivity index (χ4n) is 2.44. The van der Waals surface area contributed by atoms with E-state index in [2.05, 4.69) is 20.9 Å². The standard InChI is InChI=1S/C15H18BrN3O2/c1-5-21-15(20)12-14(17)19(10(4)18-12)13-8(2)6-11(16)7-9(13)3/h6-7H,5,17H2,1-4H3. The monoisotopic (exact) mass is 351 g/mol. The van der Waals surface area contributed by atoms with Crippen LogP contribution in [0.15, 0.2) is 16.6 Å². The lowest BCUT2D eigenvalue weighted by atomic mass is 10.1. The fraction of sp³-hybridized carbons (Fsp3) is 0.333. The van der Waals surface area contributed by atoms with Crippen molar-refractivity contribution in [2.24, 2.45) is 0 Å². The fourth-order valence-corrected chi connectivity index (χ4v) is 3.12. The summed E-state index contributed by atoms with van der Waals surface area (Å²) < 4.78 is 7.79. The summed E-state index contributed by atoms with van der Waals surface area (Å²) in [6.45, 7) is 7.85. The zero-order valence-electron chi connectivity index (χ0n) is 12.5. The van der Waals surface area contributed by atoms with Crippen LogP contribution in [0.4, 0.5) is 5.82 Å². The first kappa shape index (κ1) is 15.6. The molecule has 1 aromatic heterocycles. The number of benzene rings is 1. The van der Waals surface area contributed by atoms with Crippen LogP contribution in [-0.2, 0) is 4.74 Å². The molecule has 5 nitrogen and oxygen atoms in total. The highest BCUT2D eigenvalue weighted by atomic mass is 79.9. The van der Waals surface area contributed by atoms with E-state index in [9.17, 15) is 4.79 Å². The van der Waals surface area contributed by atoms with Gasteiger partial charge in [0.25, 0.3) is 0 Å². The van der Waals surface area contributed by atoms with E-state index in [1.807, 2.05) is 32.9 Å². The Morgan fingerprint density at radius 3 is 2.43 bits per heavy atom. The van der Waals surface area contributed by atoms with Crippen molar-refractivity contribution < 1.29 is 9.53 Å². The average Bonchev–Trinajstić information content (AvgIpc) is 2.66. The number of halogens is 1. The number of hydrogen-bond donors (Lipinski definition) is 1. The van der Waals surface area contributed by atoms with Gasteiger partial charge in [0.15, 0.2) is 5.69 Å².